The van der Waals surface area contributed by atoms with Gasteiger partial charge in [-0.1, -0.05) is 30.0 Å². The van der Waals surface area contributed by atoms with Gasteiger partial charge in [-0.15, -0.1) is 11.6 Å². The maximum absolute atomic E-state index is 10.6. The summed E-state index contributed by atoms with van der Waals surface area (Å²) >= 11 is 5.39. The Morgan fingerprint density at radius 2 is 1.79 bits per heavy atom. The molecule has 0 aliphatic heterocycles. The van der Waals surface area contributed by atoms with Crippen molar-refractivity contribution in [2.24, 2.45) is 0 Å². The van der Waals surface area contributed by atoms with Crippen LogP contribution in [0.15, 0.2) is 18.2 Å². The number of carbonyl (C=O) groups excluding carboxylic acids is 2. The number of hydrogen-bond donors (Lipinski definition) is 0. The highest BCUT2D eigenvalue weighted by Crippen LogP contribution is 2.10. The van der Waals surface area contributed by atoms with E-state index < -0.39 is 0 Å². The van der Waals surface area contributed by atoms with Gasteiger partial charge in [-0.3, -0.25) is 9.59 Å². The van der Waals surface area contributed by atoms with E-state index in [-0.39, 0.29) is 5.88 Å². The van der Waals surface area contributed by atoms with Crippen LogP contribution in [0.2, 0.25) is 0 Å². The summed E-state index contributed by atoms with van der Waals surface area (Å²) in [6.45, 7) is 0. The monoisotopic (exact) mass is 206 g/mol. The summed E-state index contributed by atoms with van der Waals surface area (Å²) in [5.74, 6) is 5.47. The van der Waals surface area contributed by atoms with Crippen molar-refractivity contribution in [1.82, 2.24) is 0 Å². The number of alkyl halides is 1. The van der Waals surface area contributed by atoms with Gasteiger partial charge in [-0.25, -0.2) is 0 Å². The third kappa shape index (κ3) is 2.21. The van der Waals surface area contributed by atoms with Crippen molar-refractivity contribution in [3.05, 3.63) is 34.9 Å². The van der Waals surface area contributed by atoms with Crippen LogP contribution in [0.4, 0.5) is 0 Å². The van der Waals surface area contributed by atoms with Crippen LogP contribution in [0.1, 0.15) is 26.3 Å². The van der Waals surface area contributed by atoms with Crippen LogP contribution < -0.4 is 0 Å². The van der Waals surface area contributed by atoms with E-state index in [9.17, 15) is 9.59 Å². The second-order valence-electron chi connectivity index (χ2n) is 2.48. The van der Waals surface area contributed by atoms with Crippen LogP contribution >= 0.6 is 11.6 Å². The number of aldehydes is 2. The highest BCUT2D eigenvalue weighted by Gasteiger charge is 2.03. The van der Waals surface area contributed by atoms with Crippen LogP contribution in [-0.4, -0.2) is 18.5 Å². The summed E-state index contributed by atoms with van der Waals surface area (Å²) < 4.78 is 0. The van der Waals surface area contributed by atoms with Crippen molar-refractivity contribution in [3.8, 4) is 11.8 Å². The molecule has 0 bridgehead atoms. The number of hydrogen-bond acceptors (Lipinski definition) is 2. The lowest BCUT2D eigenvalue weighted by Gasteiger charge is -1.98. The zero-order valence-electron chi connectivity index (χ0n) is 7.29. The summed E-state index contributed by atoms with van der Waals surface area (Å²) in [5, 5.41) is 0. The van der Waals surface area contributed by atoms with E-state index in [1.165, 1.54) is 0 Å². The summed E-state index contributed by atoms with van der Waals surface area (Å²) in [7, 11) is 0. The summed E-state index contributed by atoms with van der Waals surface area (Å²) in [6, 6.07) is 4.86. The van der Waals surface area contributed by atoms with Gasteiger partial charge < -0.3 is 0 Å². The molecule has 0 radical (unpaired) electrons. The van der Waals surface area contributed by atoms with Gasteiger partial charge in [0, 0.05) is 16.7 Å². The zero-order valence-corrected chi connectivity index (χ0v) is 8.04. The molecule has 0 N–H and O–H groups in total. The Bertz CT molecular complexity index is 387. The normalized spacial score (nSPS) is 8.64. The van der Waals surface area contributed by atoms with E-state index in [1.54, 1.807) is 18.2 Å². The van der Waals surface area contributed by atoms with E-state index in [4.69, 9.17) is 11.6 Å². The molecule has 1 aromatic rings. The molecule has 0 unspecified atom stereocenters. The predicted molar refractivity (Wildman–Crippen MR) is 54.8 cm³/mol. The van der Waals surface area contributed by atoms with E-state index in [0.717, 1.165) is 0 Å². The zero-order chi connectivity index (χ0) is 10.4. The average Bonchev–Trinajstić information content (AvgIpc) is 2.25. The molecule has 0 fully saturated rings. The number of rotatable bonds is 2. The molecule has 1 rings (SSSR count). The standard InChI is InChI=1S/C11H7ClO2/c12-6-2-5-11-9(7-13)3-1-4-10(11)8-14/h1,3-4,7-8H,6H2. The molecule has 2 nitrogen and oxygen atoms in total. The van der Waals surface area contributed by atoms with Crippen LogP contribution in [0.3, 0.4) is 0 Å². The Morgan fingerprint density at radius 3 is 2.21 bits per heavy atom. The first-order chi connectivity index (χ1) is 6.83. The van der Waals surface area contributed by atoms with Crippen LogP contribution in [-0.2, 0) is 0 Å². The van der Waals surface area contributed by atoms with E-state index in [0.29, 0.717) is 29.3 Å². The van der Waals surface area contributed by atoms with Crippen molar-refractivity contribution < 1.29 is 9.59 Å². The van der Waals surface area contributed by atoms with E-state index >= 15 is 0 Å². The second kappa shape index (κ2) is 5.21. The molecular weight excluding hydrogens is 200 g/mol. The van der Waals surface area contributed by atoms with Gasteiger partial charge in [0.05, 0.1) is 5.88 Å². The van der Waals surface area contributed by atoms with Crippen LogP contribution in [0.5, 0.6) is 0 Å². The molecule has 3 heteroatoms. The van der Waals surface area contributed by atoms with Crippen LogP contribution in [0.25, 0.3) is 0 Å². The Labute approximate surface area is 86.9 Å². The Kier molecular flexibility index (Phi) is 3.90. The first-order valence-electron chi connectivity index (χ1n) is 3.91. The minimum atomic E-state index is 0.172. The minimum absolute atomic E-state index is 0.172. The van der Waals surface area contributed by atoms with E-state index in [1.807, 2.05) is 0 Å². The highest BCUT2D eigenvalue weighted by molar-refractivity contribution is 6.19. The fraction of sp³-hybridized carbons (Fsp3) is 0.0909. The molecule has 0 atom stereocenters. The van der Waals surface area contributed by atoms with E-state index in [2.05, 4.69) is 11.8 Å². The fourth-order valence-corrected chi connectivity index (χ4v) is 1.12. The molecular formula is C11H7ClO2. The Morgan fingerprint density at radius 1 is 1.21 bits per heavy atom. The maximum atomic E-state index is 10.6. The first-order valence-corrected chi connectivity index (χ1v) is 4.45. The topological polar surface area (TPSA) is 34.1 Å². The summed E-state index contributed by atoms with van der Waals surface area (Å²) in [5.41, 5.74) is 1.26. The molecule has 0 aromatic heterocycles. The van der Waals surface area contributed by atoms with Gasteiger partial charge in [-0.05, 0) is 0 Å². The molecule has 0 aliphatic rings. The smallest absolute Gasteiger partial charge is 0.151 e. The third-order valence-corrected chi connectivity index (χ3v) is 1.80. The maximum Gasteiger partial charge on any atom is 0.151 e. The SMILES string of the molecule is O=Cc1cccc(C=O)c1C#CCCl. The lowest BCUT2D eigenvalue weighted by molar-refractivity contribution is 0.112. The predicted octanol–water partition coefficient (Wildman–Crippen LogP) is 1.90. The fourth-order valence-electron chi connectivity index (χ4n) is 1.05. The number of benzene rings is 1. The third-order valence-electron chi connectivity index (χ3n) is 1.66. The van der Waals surface area contributed by atoms with Crippen molar-refractivity contribution >= 4 is 24.2 Å². The number of carbonyl (C=O) groups is 2. The first kappa shape index (κ1) is 10.5. The molecule has 0 heterocycles. The van der Waals surface area contributed by atoms with Crippen LogP contribution in [0, 0.1) is 11.8 Å². The van der Waals surface area contributed by atoms with Crippen molar-refractivity contribution in [3.63, 3.8) is 0 Å². The summed E-state index contributed by atoms with van der Waals surface area (Å²) in [4.78, 5) is 21.3. The largest absolute Gasteiger partial charge is 0.298 e. The molecule has 0 spiro atoms. The molecule has 0 saturated carbocycles. The van der Waals surface area contributed by atoms with Crippen molar-refractivity contribution in [2.75, 3.05) is 5.88 Å². The second-order valence-corrected chi connectivity index (χ2v) is 2.75. The lowest BCUT2D eigenvalue weighted by atomic mass is 10.0. The van der Waals surface area contributed by atoms with Crippen molar-refractivity contribution in [2.45, 2.75) is 0 Å². The summed E-state index contributed by atoms with van der Waals surface area (Å²) in [6.07, 6.45) is 1.34. The van der Waals surface area contributed by atoms with Gasteiger partial charge >= 0.3 is 0 Å². The Balaban J connectivity index is 3.32. The van der Waals surface area contributed by atoms with Crippen molar-refractivity contribution in [1.29, 1.82) is 0 Å². The molecule has 0 amide bonds. The average molecular weight is 207 g/mol. The molecule has 0 aliphatic carbocycles. The van der Waals surface area contributed by atoms with Gasteiger partial charge in [0.25, 0.3) is 0 Å². The molecule has 0 saturated heterocycles. The highest BCUT2D eigenvalue weighted by atomic mass is 35.5. The van der Waals surface area contributed by atoms with Gasteiger partial charge in [0.15, 0.2) is 12.6 Å². The molecule has 14 heavy (non-hydrogen) atoms. The Hall–Kier alpha value is -1.59. The van der Waals surface area contributed by atoms with Gasteiger partial charge in [0.1, 0.15) is 0 Å². The number of halogens is 1. The molecule has 1 aromatic carbocycles. The quantitative estimate of drug-likeness (QED) is 0.421. The van der Waals surface area contributed by atoms with Gasteiger partial charge in [0.2, 0.25) is 0 Å². The lowest BCUT2D eigenvalue weighted by Crippen LogP contribution is -1.93. The molecule has 70 valence electrons. The van der Waals surface area contributed by atoms with Gasteiger partial charge in [-0.2, -0.15) is 0 Å². The minimum Gasteiger partial charge on any atom is -0.298 e.